The van der Waals surface area contributed by atoms with Crippen LogP contribution < -0.4 is 0 Å². The van der Waals surface area contributed by atoms with Crippen molar-refractivity contribution in [3.8, 4) is 5.75 Å². The molecule has 0 saturated carbocycles. The summed E-state index contributed by atoms with van der Waals surface area (Å²) >= 11 is 1.70. The lowest BCUT2D eigenvalue weighted by Crippen LogP contribution is -2.28. The zero-order valence-corrected chi connectivity index (χ0v) is 9.75. The van der Waals surface area contributed by atoms with Crippen LogP contribution in [0, 0.1) is 0 Å². The van der Waals surface area contributed by atoms with Crippen molar-refractivity contribution in [2.75, 3.05) is 25.6 Å². The van der Waals surface area contributed by atoms with Crippen LogP contribution in [0.3, 0.4) is 0 Å². The highest BCUT2D eigenvalue weighted by Crippen LogP contribution is 2.12. The third-order valence-electron chi connectivity index (χ3n) is 2.07. The Labute approximate surface area is 94.1 Å². The summed E-state index contributed by atoms with van der Waals surface area (Å²) in [5, 5.41) is 9.24. The van der Waals surface area contributed by atoms with Gasteiger partial charge in [0.2, 0.25) is 0 Å². The summed E-state index contributed by atoms with van der Waals surface area (Å²) in [7, 11) is 1.77. The predicted octanol–water partition coefficient (Wildman–Crippen LogP) is 1.83. The van der Waals surface area contributed by atoms with Gasteiger partial charge in [-0.05, 0) is 24.5 Å². The number of rotatable bonds is 4. The number of carbonyl (C=O) groups excluding carboxylic acids is 1. The second-order valence-corrected chi connectivity index (χ2v) is 4.26. The van der Waals surface area contributed by atoms with Crippen molar-refractivity contribution in [2.45, 2.75) is 0 Å². The summed E-state index contributed by atoms with van der Waals surface area (Å²) in [4.78, 5) is 13.5. The summed E-state index contributed by atoms with van der Waals surface area (Å²) in [6.45, 7) is 0.718. The minimum atomic E-state index is -0.0556. The van der Waals surface area contributed by atoms with E-state index in [-0.39, 0.29) is 11.7 Å². The van der Waals surface area contributed by atoms with Gasteiger partial charge >= 0.3 is 0 Å². The van der Waals surface area contributed by atoms with Crippen LogP contribution in [0.1, 0.15) is 10.4 Å². The lowest BCUT2D eigenvalue weighted by molar-refractivity contribution is 0.0803. The van der Waals surface area contributed by atoms with Gasteiger partial charge < -0.3 is 10.0 Å². The molecule has 0 aromatic heterocycles. The number of nitrogens with zero attached hydrogens (tertiary/aromatic N) is 1. The van der Waals surface area contributed by atoms with E-state index < -0.39 is 0 Å². The third-order valence-corrected chi connectivity index (χ3v) is 2.66. The number of amides is 1. The highest BCUT2D eigenvalue weighted by molar-refractivity contribution is 7.98. The SMILES string of the molecule is CSCCN(C)C(=O)c1cccc(O)c1. The summed E-state index contributed by atoms with van der Waals surface area (Å²) in [5.41, 5.74) is 0.526. The fourth-order valence-corrected chi connectivity index (χ4v) is 1.65. The molecule has 15 heavy (non-hydrogen) atoms. The monoisotopic (exact) mass is 225 g/mol. The Balaban J connectivity index is 2.67. The van der Waals surface area contributed by atoms with E-state index in [4.69, 9.17) is 0 Å². The van der Waals surface area contributed by atoms with Crippen LogP contribution in [-0.2, 0) is 0 Å². The number of benzene rings is 1. The Morgan fingerprint density at radius 3 is 2.87 bits per heavy atom. The van der Waals surface area contributed by atoms with E-state index in [0.717, 1.165) is 12.3 Å². The van der Waals surface area contributed by atoms with E-state index in [0.29, 0.717) is 5.56 Å². The Morgan fingerprint density at radius 1 is 1.53 bits per heavy atom. The van der Waals surface area contributed by atoms with Crippen molar-refractivity contribution >= 4 is 17.7 Å². The molecule has 1 aromatic rings. The van der Waals surface area contributed by atoms with Crippen LogP contribution in [0.2, 0.25) is 0 Å². The first kappa shape index (κ1) is 11.9. The average Bonchev–Trinajstić information content (AvgIpc) is 2.24. The number of phenols is 1. The van der Waals surface area contributed by atoms with E-state index in [9.17, 15) is 9.90 Å². The fourth-order valence-electron chi connectivity index (χ4n) is 1.19. The van der Waals surface area contributed by atoms with Crippen molar-refractivity contribution in [1.82, 2.24) is 4.90 Å². The predicted molar refractivity (Wildman–Crippen MR) is 63.4 cm³/mol. The van der Waals surface area contributed by atoms with Gasteiger partial charge in [0.25, 0.3) is 5.91 Å². The maximum Gasteiger partial charge on any atom is 0.253 e. The zero-order valence-electron chi connectivity index (χ0n) is 8.93. The summed E-state index contributed by atoms with van der Waals surface area (Å²) in [5.74, 6) is 0.986. The largest absolute Gasteiger partial charge is 0.508 e. The molecule has 0 aliphatic carbocycles. The molecule has 4 heteroatoms. The van der Waals surface area contributed by atoms with Gasteiger partial charge in [-0.25, -0.2) is 0 Å². The Morgan fingerprint density at radius 2 is 2.27 bits per heavy atom. The molecular formula is C11H15NO2S. The smallest absolute Gasteiger partial charge is 0.253 e. The number of phenolic OH excluding ortho intramolecular Hbond substituents is 1. The maximum absolute atomic E-state index is 11.8. The van der Waals surface area contributed by atoms with Crippen molar-refractivity contribution in [2.24, 2.45) is 0 Å². The number of thioether (sulfide) groups is 1. The Bertz CT molecular complexity index is 341. The van der Waals surface area contributed by atoms with Crippen molar-refractivity contribution < 1.29 is 9.90 Å². The van der Waals surface area contributed by atoms with Gasteiger partial charge in [-0.1, -0.05) is 6.07 Å². The first-order valence-corrected chi connectivity index (χ1v) is 6.08. The molecule has 1 rings (SSSR count). The second-order valence-electron chi connectivity index (χ2n) is 3.27. The van der Waals surface area contributed by atoms with E-state index in [1.54, 1.807) is 41.9 Å². The van der Waals surface area contributed by atoms with Crippen LogP contribution in [0.5, 0.6) is 5.75 Å². The molecule has 1 amide bonds. The van der Waals surface area contributed by atoms with Crippen LogP contribution >= 0.6 is 11.8 Å². The van der Waals surface area contributed by atoms with Crippen LogP contribution in [0.25, 0.3) is 0 Å². The number of hydrogen-bond donors (Lipinski definition) is 1. The van der Waals surface area contributed by atoms with Crippen molar-refractivity contribution in [3.05, 3.63) is 29.8 Å². The topological polar surface area (TPSA) is 40.5 Å². The van der Waals surface area contributed by atoms with Crippen molar-refractivity contribution in [1.29, 1.82) is 0 Å². The molecule has 1 aromatic carbocycles. The van der Waals surface area contributed by atoms with E-state index >= 15 is 0 Å². The molecule has 0 atom stereocenters. The fraction of sp³-hybridized carbons (Fsp3) is 0.364. The first-order valence-electron chi connectivity index (χ1n) is 4.68. The average molecular weight is 225 g/mol. The Hall–Kier alpha value is -1.16. The molecule has 0 unspecified atom stereocenters. The highest BCUT2D eigenvalue weighted by atomic mass is 32.2. The molecule has 0 aliphatic rings. The molecule has 3 nitrogen and oxygen atoms in total. The molecule has 0 saturated heterocycles. The maximum atomic E-state index is 11.8. The molecule has 0 radical (unpaired) electrons. The van der Waals surface area contributed by atoms with Gasteiger partial charge in [0.05, 0.1) is 0 Å². The number of aromatic hydroxyl groups is 1. The molecule has 0 aliphatic heterocycles. The quantitative estimate of drug-likeness (QED) is 0.850. The summed E-state index contributed by atoms with van der Waals surface area (Å²) in [6, 6.07) is 6.42. The van der Waals surface area contributed by atoms with E-state index in [2.05, 4.69) is 0 Å². The first-order chi connectivity index (χ1) is 7.15. The molecule has 0 fully saturated rings. The highest BCUT2D eigenvalue weighted by Gasteiger charge is 2.10. The molecule has 0 heterocycles. The molecule has 1 N–H and O–H groups in total. The van der Waals surface area contributed by atoms with Gasteiger partial charge in [-0.3, -0.25) is 4.79 Å². The molecular weight excluding hydrogens is 210 g/mol. The standard InChI is InChI=1S/C11H15NO2S/c1-12(6-7-15-2)11(14)9-4-3-5-10(13)8-9/h3-5,8,13H,6-7H2,1-2H3. The van der Waals surface area contributed by atoms with Gasteiger partial charge in [0.1, 0.15) is 5.75 Å². The third kappa shape index (κ3) is 3.47. The minimum absolute atomic E-state index is 0.0556. The van der Waals surface area contributed by atoms with Crippen LogP contribution in [-0.4, -0.2) is 41.5 Å². The van der Waals surface area contributed by atoms with Gasteiger partial charge in [-0.2, -0.15) is 11.8 Å². The number of hydrogen-bond acceptors (Lipinski definition) is 3. The zero-order chi connectivity index (χ0) is 11.3. The van der Waals surface area contributed by atoms with Gasteiger partial charge in [0.15, 0.2) is 0 Å². The number of carbonyl (C=O) groups is 1. The molecule has 82 valence electrons. The minimum Gasteiger partial charge on any atom is -0.508 e. The lowest BCUT2D eigenvalue weighted by atomic mass is 10.2. The Kier molecular flexibility index (Phi) is 4.49. The molecule has 0 bridgehead atoms. The lowest BCUT2D eigenvalue weighted by Gasteiger charge is -2.16. The van der Waals surface area contributed by atoms with Gasteiger partial charge in [0, 0.05) is 24.9 Å². The van der Waals surface area contributed by atoms with Gasteiger partial charge in [-0.15, -0.1) is 0 Å². The summed E-state index contributed by atoms with van der Waals surface area (Å²) in [6.07, 6.45) is 2.01. The normalized spacial score (nSPS) is 10.0. The van der Waals surface area contributed by atoms with Crippen LogP contribution in [0.15, 0.2) is 24.3 Å². The second kappa shape index (κ2) is 5.66. The van der Waals surface area contributed by atoms with E-state index in [1.807, 2.05) is 6.26 Å². The van der Waals surface area contributed by atoms with Crippen molar-refractivity contribution in [3.63, 3.8) is 0 Å². The van der Waals surface area contributed by atoms with E-state index in [1.165, 1.54) is 6.07 Å². The molecule has 0 spiro atoms. The summed E-state index contributed by atoms with van der Waals surface area (Å²) < 4.78 is 0. The van der Waals surface area contributed by atoms with Crippen LogP contribution in [0.4, 0.5) is 0 Å².